The Morgan fingerprint density at radius 2 is 1.53 bits per heavy atom. The van der Waals surface area contributed by atoms with Crippen LogP contribution in [0, 0.1) is 0 Å². The van der Waals surface area contributed by atoms with Crippen molar-refractivity contribution in [1.82, 2.24) is 10.2 Å². The molecule has 0 saturated carbocycles. The van der Waals surface area contributed by atoms with Gasteiger partial charge in [0.05, 0.1) is 0 Å². The van der Waals surface area contributed by atoms with E-state index in [1.54, 1.807) is 25.1 Å². The summed E-state index contributed by atoms with van der Waals surface area (Å²) in [6.45, 7) is 1.71. The number of hydrogen-bond donors (Lipinski definition) is 0. The first-order valence-corrected chi connectivity index (χ1v) is 9.89. The summed E-state index contributed by atoms with van der Waals surface area (Å²) in [4.78, 5) is 13.1. The number of carbonyl (C=O) groups excluding carboxylic acids is 1. The summed E-state index contributed by atoms with van der Waals surface area (Å²) in [5.74, 6) is -0.399. The van der Waals surface area contributed by atoms with Gasteiger partial charge in [-0.05, 0) is 36.2 Å². The van der Waals surface area contributed by atoms with Gasteiger partial charge in [0.25, 0.3) is 5.89 Å². The third kappa shape index (κ3) is 4.42. The molecule has 0 bridgehead atoms. The summed E-state index contributed by atoms with van der Waals surface area (Å²) in [6, 6.07) is 26.2. The van der Waals surface area contributed by atoms with Crippen molar-refractivity contribution in [3.63, 3.8) is 0 Å². The fraction of sp³-hybridized carbons (Fsp3) is 0.125. The third-order valence-corrected chi connectivity index (χ3v) is 4.89. The van der Waals surface area contributed by atoms with E-state index in [9.17, 15) is 4.79 Å². The lowest BCUT2D eigenvalue weighted by atomic mass is 9.91. The molecule has 0 N–H and O–H groups in total. The number of halogens is 1. The summed E-state index contributed by atoms with van der Waals surface area (Å²) in [6.07, 6.45) is -0.701. The molecule has 0 aliphatic rings. The standard InChI is InChI=1S/C24H19ClN2O3/c1-16(22-26-27-23(30-22)19-13-8-14-20(25)15-19)29-24(28)21(17-9-4-2-5-10-17)18-11-6-3-7-12-18/h2-16,21H,1H3/t16-/m1/s1. The lowest BCUT2D eigenvalue weighted by Crippen LogP contribution is -2.19. The minimum atomic E-state index is -0.701. The Balaban J connectivity index is 1.56. The summed E-state index contributed by atoms with van der Waals surface area (Å²) < 4.78 is 11.4. The largest absolute Gasteiger partial charge is 0.452 e. The van der Waals surface area contributed by atoms with E-state index in [4.69, 9.17) is 20.8 Å². The molecule has 0 fully saturated rings. The molecule has 1 aromatic heterocycles. The van der Waals surface area contributed by atoms with Crippen molar-refractivity contribution >= 4 is 17.6 Å². The molecule has 0 radical (unpaired) electrons. The maximum absolute atomic E-state index is 13.1. The molecule has 6 heteroatoms. The van der Waals surface area contributed by atoms with E-state index in [1.165, 1.54) is 0 Å². The monoisotopic (exact) mass is 418 g/mol. The van der Waals surface area contributed by atoms with Crippen LogP contribution in [-0.2, 0) is 9.53 Å². The highest BCUT2D eigenvalue weighted by atomic mass is 35.5. The summed E-state index contributed by atoms with van der Waals surface area (Å²) in [7, 11) is 0. The van der Waals surface area contributed by atoms with Gasteiger partial charge in [-0.25, -0.2) is 0 Å². The molecule has 1 heterocycles. The second-order valence-corrected chi connectivity index (χ2v) is 7.23. The van der Waals surface area contributed by atoms with Crippen LogP contribution in [0.4, 0.5) is 0 Å². The molecule has 4 aromatic rings. The Labute approximate surface area is 179 Å². The molecule has 0 saturated heterocycles. The number of aromatic nitrogens is 2. The average molecular weight is 419 g/mol. The fourth-order valence-corrected chi connectivity index (χ4v) is 3.38. The van der Waals surface area contributed by atoms with Crippen molar-refractivity contribution in [2.24, 2.45) is 0 Å². The minimum absolute atomic E-state index is 0.221. The second kappa shape index (κ2) is 8.93. The number of benzene rings is 3. The van der Waals surface area contributed by atoms with Crippen LogP contribution in [0.1, 0.15) is 36.0 Å². The van der Waals surface area contributed by atoms with Crippen molar-refractivity contribution in [2.45, 2.75) is 18.9 Å². The molecule has 0 aliphatic heterocycles. The maximum Gasteiger partial charge on any atom is 0.318 e. The van der Waals surface area contributed by atoms with Gasteiger partial charge in [0, 0.05) is 10.6 Å². The number of ether oxygens (including phenoxy) is 1. The Morgan fingerprint density at radius 1 is 0.900 bits per heavy atom. The molecule has 0 unspecified atom stereocenters. The van der Waals surface area contributed by atoms with Crippen LogP contribution in [0.2, 0.25) is 5.02 Å². The minimum Gasteiger partial charge on any atom is -0.452 e. The van der Waals surface area contributed by atoms with Gasteiger partial charge in [0.2, 0.25) is 5.89 Å². The first kappa shape index (κ1) is 19.9. The average Bonchev–Trinajstić information content (AvgIpc) is 3.26. The van der Waals surface area contributed by atoms with E-state index in [-0.39, 0.29) is 11.9 Å². The first-order valence-electron chi connectivity index (χ1n) is 9.51. The van der Waals surface area contributed by atoms with Gasteiger partial charge in [-0.1, -0.05) is 78.3 Å². The SMILES string of the molecule is C[C@@H](OC(=O)C(c1ccccc1)c1ccccc1)c1nnc(-c2cccc(Cl)c2)o1. The van der Waals surface area contributed by atoms with Crippen LogP contribution in [0.5, 0.6) is 0 Å². The Kier molecular flexibility index (Phi) is 5.91. The molecule has 0 amide bonds. The van der Waals surface area contributed by atoms with Crippen molar-refractivity contribution in [2.75, 3.05) is 0 Å². The predicted molar refractivity (Wildman–Crippen MR) is 114 cm³/mol. The van der Waals surface area contributed by atoms with Crippen molar-refractivity contribution in [3.05, 3.63) is 107 Å². The number of carbonyl (C=O) groups is 1. The first-order chi connectivity index (χ1) is 14.6. The Bertz CT molecular complexity index is 1090. The lowest BCUT2D eigenvalue weighted by molar-refractivity contribution is -0.150. The number of nitrogens with zero attached hydrogens (tertiary/aromatic N) is 2. The lowest BCUT2D eigenvalue weighted by Gasteiger charge is -2.19. The van der Waals surface area contributed by atoms with E-state index in [0.29, 0.717) is 16.5 Å². The van der Waals surface area contributed by atoms with Crippen LogP contribution in [-0.4, -0.2) is 16.2 Å². The molecule has 0 spiro atoms. The van der Waals surface area contributed by atoms with Gasteiger partial charge < -0.3 is 9.15 Å². The van der Waals surface area contributed by atoms with E-state index in [0.717, 1.165) is 11.1 Å². The number of hydrogen-bond acceptors (Lipinski definition) is 5. The van der Waals surface area contributed by atoms with Gasteiger partial charge in [0.15, 0.2) is 6.10 Å². The van der Waals surface area contributed by atoms with Crippen molar-refractivity contribution in [1.29, 1.82) is 0 Å². The quantitative estimate of drug-likeness (QED) is 0.369. The summed E-state index contributed by atoms with van der Waals surface area (Å²) in [5, 5.41) is 8.66. The molecule has 150 valence electrons. The van der Waals surface area contributed by atoms with Crippen molar-refractivity contribution in [3.8, 4) is 11.5 Å². The summed E-state index contributed by atoms with van der Waals surface area (Å²) in [5.41, 5.74) is 2.41. The Hall–Kier alpha value is -3.44. The van der Waals surface area contributed by atoms with E-state index in [2.05, 4.69) is 10.2 Å². The molecule has 5 nitrogen and oxygen atoms in total. The third-order valence-electron chi connectivity index (χ3n) is 4.65. The van der Waals surface area contributed by atoms with Gasteiger partial charge in [-0.15, -0.1) is 10.2 Å². The van der Waals surface area contributed by atoms with Gasteiger partial charge in [-0.3, -0.25) is 4.79 Å². The zero-order valence-electron chi connectivity index (χ0n) is 16.2. The highest BCUT2D eigenvalue weighted by Crippen LogP contribution is 2.29. The smallest absolute Gasteiger partial charge is 0.318 e. The van der Waals surface area contributed by atoms with Crippen LogP contribution < -0.4 is 0 Å². The van der Waals surface area contributed by atoms with E-state index < -0.39 is 12.0 Å². The predicted octanol–water partition coefficient (Wildman–Crippen LogP) is 5.83. The number of esters is 1. The van der Waals surface area contributed by atoms with Crippen LogP contribution in [0.3, 0.4) is 0 Å². The zero-order valence-corrected chi connectivity index (χ0v) is 17.0. The molecule has 3 aromatic carbocycles. The van der Waals surface area contributed by atoms with E-state index >= 15 is 0 Å². The maximum atomic E-state index is 13.1. The molecule has 30 heavy (non-hydrogen) atoms. The van der Waals surface area contributed by atoms with Gasteiger partial charge >= 0.3 is 5.97 Å². The normalized spacial score (nSPS) is 12.0. The second-order valence-electron chi connectivity index (χ2n) is 6.79. The molecule has 4 rings (SSSR count). The Morgan fingerprint density at radius 3 is 2.13 bits per heavy atom. The van der Waals surface area contributed by atoms with Crippen LogP contribution in [0.25, 0.3) is 11.5 Å². The highest BCUT2D eigenvalue weighted by molar-refractivity contribution is 6.30. The molecule has 1 atom stereocenters. The molecule has 0 aliphatic carbocycles. The number of rotatable bonds is 6. The van der Waals surface area contributed by atoms with Gasteiger partial charge in [-0.2, -0.15) is 0 Å². The molecular weight excluding hydrogens is 400 g/mol. The summed E-state index contributed by atoms with van der Waals surface area (Å²) >= 11 is 6.03. The molecular formula is C24H19ClN2O3. The van der Waals surface area contributed by atoms with Gasteiger partial charge in [0.1, 0.15) is 5.92 Å². The highest BCUT2D eigenvalue weighted by Gasteiger charge is 2.28. The zero-order chi connectivity index (χ0) is 20.9. The van der Waals surface area contributed by atoms with E-state index in [1.807, 2.05) is 66.7 Å². The van der Waals surface area contributed by atoms with Crippen LogP contribution in [0.15, 0.2) is 89.3 Å². The fourth-order valence-electron chi connectivity index (χ4n) is 3.19. The topological polar surface area (TPSA) is 65.2 Å². The van der Waals surface area contributed by atoms with Crippen LogP contribution >= 0.6 is 11.6 Å². The van der Waals surface area contributed by atoms with Crippen molar-refractivity contribution < 1.29 is 13.9 Å².